The van der Waals surface area contributed by atoms with E-state index < -0.39 is 0 Å². The summed E-state index contributed by atoms with van der Waals surface area (Å²) in [6.45, 7) is 10.7. The monoisotopic (exact) mass is 250 g/mol. The second kappa shape index (κ2) is 6.21. The van der Waals surface area contributed by atoms with Crippen molar-refractivity contribution in [3.05, 3.63) is 29.3 Å². The molecule has 0 aliphatic carbocycles. The lowest BCUT2D eigenvalue weighted by molar-refractivity contribution is 0.155. The van der Waals surface area contributed by atoms with Gasteiger partial charge in [0.2, 0.25) is 0 Å². The van der Waals surface area contributed by atoms with Gasteiger partial charge in [0.25, 0.3) is 0 Å². The van der Waals surface area contributed by atoms with Gasteiger partial charge in [-0.3, -0.25) is 4.90 Å². The molecule has 0 unspecified atom stereocenters. The second-order valence-corrected chi connectivity index (χ2v) is 5.41. The number of ether oxygens (including phenoxy) is 1. The molecule has 0 spiro atoms. The van der Waals surface area contributed by atoms with Crippen LogP contribution in [0.15, 0.2) is 18.2 Å². The van der Waals surface area contributed by atoms with Crippen LogP contribution in [0, 0.1) is 6.92 Å². The molecular weight excluding hydrogens is 224 g/mol. The van der Waals surface area contributed by atoms with Crippen molar-refractivity contribution < 1.29 is 4.74 Å². The highest BCUT2D eigenvalue weighted by Crippen LogP contribution is 2.21. The highest BCUT2D eigenvalue weighted by Gasteiger charge is 2.21. The van der Waals surface area contributed by atoms with Crippen LogP contribution < -0.4 is 10.5 Å². The van der Waals surface area contributed by atoms with Gasteiger partial charge in [0.15, 0.2) is 0 Å². The van der Waals surface area contributed by atoms with E-state index in [1.54, 1.807) is 0 Å². The number of nitrogens with two attached hydrogens (primary N) is 1. The first-order valence-electron chi connectivity index (χ1n) is 6.54. The quantitative estimate of drug-likeness (QED) is 0.843. The van der Waals surface area contributed by atoms with Gasteiger partial charge in [-0.2, -0.15) is 0 Å². The summed E-state index contributed by atoms with van der Waals surface area (Å²) < 4.78 is 5.55. The van der Waals surface area contributed by atoms with E-state index in [1.807, 2.05) is 6.92 Å². The van der Waals surface area contributed by atoms with Crippen LogP contribution in [-0.2, 0) is 6.54 Å². The summed E-state index contributed by atoms with van der Waals surface area (Å²) in [6, 6.07) is 6.37. The van der Waals surface area contributed by atoms with E-state index in [4.69, 9.17) is 10.5 Å². The average Bonchev–Trinajstić information content (AvgIpc) is 2.32. The Kier molecular flexibility index (Phi) is 5.17. The normalized spacial score (nSPS) is 11.9. The van der Waals surface area contributed by atoms with Gasteiger partial charge in [0.1, 0.15) is 5.75 Å². The molecule has 3 heteroatoms. The van der Waals surface area contributed by atoms with Crippen molar-refractivity contribution in [1.82, 2.24) is 4.90 Å². The minimum atomic E-state index is 0.0203. The standard InChI is InChI=1S/C15H26N2O/c1-6-18-14-8-7-13(9-12(14)2)10-17(5)15(3,4)11-16/h7-9H,6,10-11,16H2,1-5H3. The number of hydrogen-bond donors (Lipinski definition) is 1. The first kappa shape index (κ1) is 15.0. The Labute approximate surface area is 111 Å². The molecule has 0 saturated carbocycles. The zero-order chi connectivity index (χ0) is 13.8. The second-order valence-electron chi connectivity index (χ2n) is 5.41. The first-order valence-corrected chi connectivity index (χ1v) is 6.54. The zero-order valence-electron chi connectivity index (χ0n) is 12.3. The fraction of sp³-hybridized carbons (Fsp3) is 0.600. The van der Waals surface area contributed by atoms with E-state index in [0.717, 1.165) is 12.3 Å². The van der Waals surface area contributed by atoms with E-state index in [2.05, 4.69) is 50.9 Å². The Morgan fingerprint density at radius 1 is 1.33 bits per heavy atom. The van der Waals surface area contributed by atoms with Crippen LogP contribution in [-0.4, -0.2) is 30.6 Å². The van der Waals surface area contributed by atoms with Crippen LogP contribution in [0.1, 0.15) is 31.9 Å². The van der Waals surface area contributed by atoms with Gasteiger partial charge in [-0.15, -0.1) is 0 Å². The van der Waals surface area contributed by atoms with Crippen molar-refractivity contribution in [3.8, 4) is 5.75 Å². The first-order chi connectivity index (χ1) is 8.40. The average molecular weight is 250 g/mol. The molecule has 102 valence electrons. The molecule has 3 nitrogen and oxygen atoms in total. The number of aryl methyl sites for hydroxylation is 1. The molecule has 0 fully saturated rings. The van der Waals surface area contributed by atoms with Crippen LogP contribution in [0.2, 0.25) is 0 Å². The molecule has 1 rings (SSSR count). The van der Waals surface area contributed by atoms with E-state index in [9.17, 15) is 0 Å². The van der Waals surface area contributed by atoms with Gasteiger partial charge in [-0.1, -0.05) is 12.1 Å². The third-order valence-electron chi connectivity index (χ3n) is 3.49. The molecule has 2 N–H and O–H groups in total. The van der Waals surface area contributed by atoms with Crippen molar-refractivity contribution in [1.29, 1.82) is 0 Å². The summed E-state index contributed by atoms with van der Waals surface area (Å²) >= 11 is 0. The van der Waals surface area contributed by atoms with Crippen LogP contribution >= 0.6 is 0 Å². The largest absolute Gasteiger partial charge is 0.494 e. The maximum atomic E-state index is 5.79. The molecular formula is C15H26N2O. The number of likely N-dealkylation sites (N-methyl/N-ethyl adjacent to an activating group) is 1. The van der Waals surface area contributed by atoms with Crippen LogP contribution in [0.3, 0.4) is 0 Å². The molecule has 0 aromatic heterocycles. The Balaban J connectivity index is 2.77. The molecule has 0 atom stereocenters. The topological polar surface area (TPSA) is 38.5 Å². The van der Waals surface area contributed by atoms with E-state index in [1.165, 1.54) is 11.1 Å². The lowest BCUT2D eigenvalue weighted by atomic mass is 10.0. The Bertz CT molecular complexity index is 388. The summed E-state index contributed by atoms with van der Waals surface area (Å²) in [6.07, 6.45) is 0. The molecule has 0 bridgehead atoms. The van der Waals surface area contributed by atoms with E-state index in [-0.39, 0.29) is 5.54 Å². The molecule has 0 aliphatic heterocycles. The summed E-state index contributed by atoms with van der Waals surface area (Å²) in [5.74, 6) is 0.974. The predicted octanol–water partition coefficient (Wildman–Crippen LogP) is 2.56. The van der Waals surface area contributed by atoms with Crippen molar-refractivity contribution in [2.75, 3.05) is 20.2 Å². The summed E-state index contributed by atoms with van der Waals surface area (Å²) in [5.41, 5.74) is 8.29. The maximum Gasteiger partial charge on any atom is 0.122 e. The Morgan fingerprint density at radius 2 is 2.00 bits per heavy atom. The Hall–Kier alpha value is -1.06. The maximum absolute atomic E-state index is 5.79. The molecule has 0 heterocycles. The van der Waals surface area contributed by atoms with Gasteiger partial charge < -0.3 is 10.5 Å². The smallest absolute Gasteiger partial charge is 0.122 e. The van der Waals surface area contributed by atoms with E-state index in [0.29, 0.717) is 13.2 Å². The molecule has 0 amide bonds. The van der Waals surface area contributed by atoms with Gasteiger partial charge in [0.05, 0.1) is 6.61 Å². The summed E-state index contributed by atoms with van der Waals surface area (Å²) in [4.78, 5) is 2.28. The minimum Gasteiger partial charge on any atom is -0.494 e. The SMILES string of the molecule is CCOc1ccc(CN(C)C(C)(C)CN)cc1C. The summed E-state index contributed by atoms with van der Waals surface area (Å²) in [5, 5.41) is 0. The van der Waals surface area contributed by atoms with Crippen molar-refractivity contribution in [2.45, 2.75) is 39.8 Å². The van der Waals surface area contributed by atoms with Gasteiger partial charge >= 0.3 is 0 Å². The number of benzene rings is 1. The van der Waals surface area contributed by atoms with Gasteiger partial charge in [-0.05, 0) is 51.9 Å². The van der Waals surface area contributed by atoms with E-state index >= 15 is 0 Å². The number of nitrogens with zero attached hydrogens (tertiary/aromatic N) is 1. The lowest BCUT2D eigenvalue weighted by Gasteiger charge is -2.34. The molecule has 1 aromatic carbocycles. The molecule has 1 aromatic rings. The number of rotatable bonds is 6. The fourth-order valence-corrected chi connectivity index (χ4v) is 1.77. The number of hydrogen-bond acceptors (Lipinski definition) is 3. The van der Waals surface area contributed by atoms with Crippen molar-refractivity contribution in [3.63, 3.8) is 0 Å². The third kappa shape index (κ3) is 3.72. The van der Waals surface area contributed by atoms with Crippen LogP contribution in [0.4, 0.5) is 0 Å². The lowest BCUT2D eigenvalue weighted by Crippen LogP contribution is -2.46. The van der Waals surface area contributed by atoms with Crippen LogP contribution in [0.25, 0.3) is 0 Å². The fourth-order valence-electron chi connectivity index (χ4n) is 1.77. The third-order valence-corrected chi connectivity index (χ3v) is 3.49. The Morgan fingerprint density at radius 3 is 2.50 bits per heavy atom. The van der Waals surface area contributed by atoms with Crippen LogP contribution in [0.5, 0.6) is 5.75 Å². The zero-order valence-corrected chi connectivity index (χ0v) is 12.3. The molecule has 18 heavy (non-hydrogen) atoms. The highest BCUT2D eigenvalue weighted by molar-refractivity contribution is 5.36. The van der Waals surface area contributed by atoms with Gasteiger partial charge in [-0.25, -0.2) is 0 Å². The summed E-state index contributed by atoms with van der Waals surface area (Å²) in [7, 11) is 2.11. The minimum absolute atomic E-state index is 0.0203. The molecule has 0 saturated heterocycles. The molecule has 0 aliphatic rings. The predicted molar refractivity (Wildman–Crippen MR) is 76.9 cm³/mol. The van der Waals surface area contributed by atoms with Gasteiger partial charge in [0, 0.05) is 18.6 Å². The van der Waals surface area contributed by atoms with Crippen molar-refractivity contribution in [2.24, 2.45) is 5.73 Å². The molecule has 0 radical (unpaired) electrons. The highest BCUT2D eigenvalue weighted by atomic mass is 16.5. The van der Waals surface area contributed by atoms with Crippen molar-refractivity contribution >= 4 is 0 Å².